The molecule has 2 aromatic rings. The van der Waals surface area contributed by atoms with Crippen molar-refractivity contribution in [2.24, 2.45) is 0 Å². The monoisotopic (exact) mass is 319 g/mol. The Morgan fingerprint density at radius 3 is 2.62 bits per heavy atom. The number of thiophene rings is 1. The highest BCUT2D eigenvalue weighted by Gasteiger charge is 2.26. The first kappa shape index (κ1) is 15.6. The number of nitrogens with zero attached hydrogens (tertiary/aromatic N) is 1. The molecule has 3 nitrogen and oxygen atoms in total. The Morgan fingerprint density at radius 1 is 1.38 bits per heavy atom. The number of methoxy groups -OCH3 is 1. The molecule has 0 amide bonds. The van der Waals surface area contributed by atoms with Gasteiger partial charge in [0.1, 0.15) is 11.7 Å². The number of Topliss-reactive ketones (excluding diaryl/α,β-unsaturated/α-hetero) is 1. The standard InChI is InChI=1S/C16H14ClNO2S/c1-9-6-15(21-10(9)2)16(19)13(8-18)12-7-11(17)4-5-14(12)20-3/h4-7,13H,1-3H3. The lowest BCUT2D eigenvalue weighted by atomic mass is 9.94. The molecule has 0 fully saturated rings. The molecule has 21 heavy (non-hydrogen) atoms. The van der Waals surface area contributed by atoms with Gasteiger partial charge in [0.05, 0.1) is 18.1 Å². The number of carbonyl (C=O) groups is 1. The molecule has 108 valence electrons. The van der Waals surface area contributed by atoms with Gasteiger partial charge in [0.15, 0.2) is 5.78 Å². The topological polar surface area (TPSA) is 50.1 Å². The van der Waals surface area contributed by atoms with Gasteiger partial charge in [0, 0.05) is 15.5 Å². The summed E-state index contributed by atoms with van der Waals surface area (Å²) in [5, 5.41) is 9.90. The van der Waals surface area contributed by atoms with Crippen molar-refractivity contribution in [1.29, 1.82) is 5.26 Å². The molecular weight excluding hydrogens is 306 g/mol. The molecule has 0 saturated carbocycles. The van der Waals surface area contributed by atoms with E-state index >= 15 is 0 Å². The lowest BCUT2D eigenvalue weighted by Crippen LogP contribution is -2.11. The Bertz CT molecular complexity index is 711. The van der Waals surface area contributed by atoms with E-state index in [1.807, 2.05) is 19.9 Å². The second kappa shape index (κ2) is 6.30. The molecule has 0 aliphatic carbocycles. The number of rotatable bonds is 4. The molecule has 1 aromatic heterocycles. The van der Waals surface area contributed by atoms with Gasteiger partial charge in [0.2, 0.25) is 0 Å². The van der Waals surface area contributed by atoms with Crippen LogP contribution in [-0.2, 0) is 0 Å². The summed E-state index contributed by atoms with van der Waals surface area (Å²) in [6, 6.07) is 8.84. The van der Waals surface area contributed by atoms with Gasteiger partial charge in [-0.25, -0.2) is 0 Å². The second-order valence-electron chi connectivity index (χ2n) is 4.66. The summed E-state index contributed by atoms with van der Waals surface area (Å²) in [6.07, 6.45) is 0. The van der Waals surface area contributed by atoms with E-state index in [1.165, 1.54) is 18.4 Å². The van der Waals surface area contributed by atoms with Crippen molar-refractivity contribution in [3.63, 3.8) is 0 Å². The molecular formula is C16H14ClNO2S. The van der Waals surface area contributed by atoms with Gasteiger partial charge in [0.25, 0.3) is 0 Å². The molecule has 1 unspecified atom stereocenters. The average Bonchev–Trinajstić information content (AvgIpc) is 2.80. The Morgan fingerprint density at radius 2 is 2.10 bits per heavy atom. The molecule has 0 bridgehead atoms. The van der Waals surface area contributed by atoms with Crippen LogP contribution in [0, 0.1) is 25.2 Å². The highest BCUT2D eigenvalue weighted by molar-refractivity contribution is 7.14. The van der Waals surface area contributed by atoms with Crippen LogP contribution in [0.2, 0.25) is 5.02 Å². The number of halogens is 1. The fourth-order valence-corrected chi connectivity index (χ4v) is 3.22. The maximum atomic E-state index is 12.6. The molecule has 0 spiro atoms. The molecule has 0 aliphatic rings. The minimum atomic E-state index is -0.920. The molecule has 0 N–H and O–H groups in total. The average molecular weight is 320 g/mol. The fraction of sp³-hybridized carbons (Fsp3) is 0.250. The van der Waals surface area contributed by atoms with E-state index in [4.69, 9.17) is 16.3 Å². The zero-order valence-electron chi connectivity index (χ0n) is 11.9. The van der Waals surface area contributed by atoms with Crippen LogP contribution >= 0.6 is 22.9 Å². The van der Waals surface area contributed by atoms with Crippen LogP contribution in [0.25, 0.3) is 0 Å². The van der Waals surface area contributed by atoms with Crippen molar-refractivity contribution in [3.05, 3.63) is 50.2 Å². The Hall–Kier alpha value is -1.83. The van der Waals surface area contributed by atoms with E-state index in [0.29, 0.717) is 21.2 Å². The quantitative estimate of drug-likeness (QED) is 0.779. The highest BCUT2D eigenvalue weighted by atomic mass is 35.5. The zero-order chi connectivity index (χ0) is 15.6. The van der Waals surface area contributed by atoms with Crippen molar-refractivity contribution < 1.29 is 9.53 Å². The third-order valence-corrected chi connectivity index (χ3v) is 4.71. The van der Waals surface area contributed by atoms with Crippen LogP contribution in [-0.4, -0.2) is 12.9 Å². The third-order valence-electron chi connectivity index (χ3n) is 3.30. The summed E-state index contributed by atoms with van der Waals surface area (Å²) in [5.74, 6) is -0.653. The van der Waals surface area contributed by atoms with Gasteiger partial charge < -0.3 is 4.74 Å². The summed E-state index contributed by atoms with van der Waals surface area (Å²) in [5.41, 5.74) is 1.55. The minimum absolute atomic E-state index is 0.223. The van der Waals surface area contributed by atoms with Crippen molar-refractivity contribution in [1.82, 2.24) is 0 Å². The van der Waals surface area contributed by atoms with Crippen molar-refractivity contribution in [2.45, 2.75) is 19.8 Å². The largest absolute Gasteiger partial charge is 0.496 e. The van der Waals surface area contributed by atoms with Crippen LogP contribution < -0.4 is 4.74 Å². The van der Waals surface area contributed by atoms with E-state index in [-0.39, 0.29) is 5.78 Å². The first-order valence-electron chi connectivity index (χ1n) is 6.32. The van der Waals surface area contributed by atoms with E-state index in [9.17, 15) is 10.1 Å². The number of hydrogen-bond donors (Lipinski definition) is 0. The van der Waals surface area contributed by atoms with Crippen molar-refractivity contribution in [3.8, 4) is 11.8 Å². The maximum Gasteiger partial charge on any atom is 0.194 e. The lowest BCUT2D eigenvalue weighted by molar-refractivity contribution is 0.0981. The molecule has 2 rings (SSSR count). The van der Waals surface area contributed by atoms with Crippen LogP contribution in [0.1, 0.15) is 31.6 Å². The van der Waals surface area contributed by atoms with Crippen LogP contribution in [0.5, 0.6) is 5.75 Å². The molecule has 0 saturated heterocycles. The van der Waals surface area contributed by atoms with E-state index < -0.39 is 5.92 Å². The molecule has 1 heterocycles. The van der Waals surface area contributed by atoms with Crippen LogP contribution in [0.15, 0.2) is 24.3 Å². The molecule has 5 heteroatoms. The normalized spacial score (nSPS) is 11.8. The number of carbonyl (C=O) groups excluding carboxylic acids is 1. The summed E-state index contributed by atoms with van der Waals surface area (Å²) in [7, 11) is 1.51. The Balaban J connectivity index is 2.47. The van der Waals surface area contributed by atoms with Crippen LogP contribution in [0.4, 0.5) is 0 Å². The first-order chi connectivity index (χ1) is 9.97. The summed E-state index contributed by atoms with van der Waals surface area (Å²) in [4.78, 5) is 14.3. The Kier molecular flexibility index (Phi) is 4.66. The van der Waals surface area contributed by atoms with Gasteiger partial charge >= 0.3 is 0 Å². The number of ketones is 1. The number of benzene rings is 1. The first-order valence-corrected chi connectivity index (χ1v) is 7.51. The van der Waals surface area contributed by atoms with Gasteiger partial charge in [-0.2, -0.15) is 5.26 Å². The lowest BCUT2D eigenvalue weighted by Gasteiger charge is -2.12. The van der Waals surface area contributed by atoms with E-state index in [0.717, 1.165) is 10.4 Å². The van der Waals surface area contributed by atoms with Crippen molar-refractivity contribution >= 4 is 28.7 Å². The summed E-state index contributed by atoms with van der Waals surface area (Å²) < 4.78 is 5.24. The van der Waals surface area contributed by atoms with E-state index in [2.05, 4.69) is 6.07 Å². The molecule has 1 atom stereocenters. The predicted octanol–water partition coefficient (Wildman–Crippen LogP) is 4.52. The number of hydrogen-bond acceptors (Lipinski definition) is 4. The van der Waals surface area contributed by atoms with E-state index in [1.54, 1.807) is 18.2 Å². The summed E-state index contributed by atoms with van der Waals surface area (Å²) >= 11 is 7.39. The Labute approximate surface area is 132 Å². The van der Waals surface area contributed by atoms with Gasteiger partial charge in [-0.05, 0) is 43.7 Å². The molecule has 0 radical (unpaired) electrons. The predicted molar refractivity (Wildman–Crippen MR) is 84.5 cm³/mol. The van der Waals surface area contributed by atoms with Gasteiger partial charge in [-0.1, -0.05) is 11.6 Å². The zero-order valence-corrected chi connectivity index (χ0v) is 13.5. The minimum Gasteiger partial charge on any atom is -0.496 e. The van der Waals surface area contributed by atoms with Crippen LogP contribution in [0.3, 0.4) is 0 Å². The SMILES string of the molecule is COc1ccc(Cl)cc1C(C#N)C(=O)c1cc(C)c(C)s1. The van der Waals surface area contributed by atoms with Gasteiger partial charge in [-0.3, -0.25) is 4.79 Å². The fourth-order valence-electron chi connectivity index (χ4n) is 2.04. The third kappa shape index (κ3) is 3.10. The molecule has 0 aliphatic heterocycles. The molecule has 1 aromatic carbocycles. The number of aryl methyl sites for hydroxylation is 2. The number of nitriles is 1. The second-order valence-corrected chi connectivity index (χ2v) is 6.36. The van der Waals surface area contributed by atoms with Crippen molar-refractivity contribution in [2.75, 3.05) is 7.11 Å². The maximum absolute atomic E-state index is 12.6. The smallest absolute Gasteiger partial charge is 0.194 e. The highest BCUT2D eigenvalue weighted by Crippen LogP contribution is 2.33. The summed E-state index contributed by atoms with van der Waals surface area (Å²) in [6.45, 7) is 3.90. The van der Waals surface area contributed by atoms with Gasteiger partial charge in [-0.15, -0.1) is 11.3 Å². The number of ether oxygens (including phenoxy) is 1.